The molecule has 0 spiro atoms. The van der Waals surface area contributed by atoms with Gasteiger partial charge in [-0.15, -0.1) is 0 Å². The van der Waals surface area contributed by atoms with Crippen LogP contribution in [0.4, 0.5) is 0 Å². The molecule has 9 nitrogen and oxygen atoms in total. The smallest absolute Gasteiger partial charge is 0.0596 e. The predicted octanol–water partition coefficient (Wildman–Crippen LogP) is 23.2. The van der Waals surface area contributed by atoms with Crippen LogP contribution in [0.3, 0.4) is 0 Å². The van der Waals surface area contributed by atoms with Crippen molar-refractivity contribution >= 4 is 0 Å². The molecule has 0 fully saturated rings. The molecule has 0 rings (SSSR count). The van der Waals surface area contributed by atoms with Gasteiger partial charge in [-0.25, -0.2) is 0 Å². The second-order valence-electron chi connectivity index (χ2n) is 33.4. The van der Waals surface area contributed by atoms with Crippen molar-refractivity contribution in [3.8, 4) is 0 Å². The lowest BCUT2D eigenvalue weighted by Crippen LogP contribution is -2.38. The van der Waals surface area contributed by atoms with Crippen LogP contribution in [0.5, 0.6) is 0 Å². The standard InChI is InChI=1S/2C12H27N.2C11H25N.2C10H23N.C9H21NO.C9H19N/c1-10(2)8-7-9-13(11(3)4)12(5)6;1-6-9-13(12(4)5)10-7-8-11(2)3;1-9(2)7-8-12(10(3)4)11(5)6;1-6-8-12(11(4)5)9-7-10(2)3;1-9(2)7-6-8-11(5)10(3)4;1-6-11(10(4)5)8-7-9(2)3;1-8(2)10(5)6-7-11-9(3)4;1-8(2)6-7-10(5)9(3)4/h10-12H,7-9H2,1-6H3;11-12H,6-10H2,1-5H3;9-11H,7-8H2,1-6H3;10-11H,6-9H2,1-5H3;2*9-10H,6-8H2,1-5H3;8-9H,6-7H2,1-5H3;6-9H,1-5H3/b;;;;;;;7-6-. The van der Waals surface area contributed by atoms with Gasteiger partial charge in [0.2, 0.25) is 0 Å². The molecule has 0 aromatic carbocycles. The normalized spacial score (nSPS) is 12.1. The number of ether oxygens (including phenoxy) is 1. The summed E-state index contributed by atoms with van der Waals surface area (Å²) in [5, 5.41) is 0. The summed E-state index contributed by atoms with van der Waals surface area (Å²) in [4.78, 5) is 19.7. The lowest BCUT2D eigenvalue weighted by molar-refractivity contribution is 0.0588. The van der Waals surface area contributed by atoms with Gasteiger partial charge in [0.05, 0.1) is 12.7 Å². The Balaban J connectivity index is -0.000000148. The van der Waals surface area contributed by atoms with E-state index in [-0.39, 0.29) is 0 Å². The fourth-order valence-electron chi connectivity index (χ4n) is 9.66. The van der Waals surface area contributed by atoms with E-state index in [1.54, 1.807) is 0 Å². The Bertz CT molecular complexity index is 1390. The minimum Gasteiger partial charge on any atom is -0.378 e. The highest BCUT2D eigenvalue weighted by molar-refractivity contribution is 4.84. The van der Waals surface area contributed by atoms with E-state index in [2.05, 4.69) is 343 Å². The molecule has 0 saturated carbocycles. The van der Waals surface area contributed by atoms with Gasteiger partial charge in [-0.2, -0.15) is 0 Å². The minimum atomic E-state index is 0.357. The van der Waals surface area contributed by atoms with Crippen molar-refractivity contribution in [2.75, 3.05) is 93.2 Å². The van der Waals surface area contributed by atoms with Crippen molar-refractivity contribution in [2.45, 2.75) is 407 Å². The van der Waals surface area contributed by atoms with Crippen molar-refractivity contribution in [3.05, 3.63) is 12.3 Å². The first-order valence-corrected chi connectivity index (χ1v) is 39.9. The van der Waals surface area contributed by atoms with E-state index in [1.165, 1.54) is 130 Å². The third-order valence-corrected chi connectivity index (χ3v) is 17.1. The molecule has 0 aliphatic rings. The predicted molar refractivity (Wildman–Crippen MR) is 434 cm³/mol. The molecule has 0 bridgehead atoms. The summed E-state index contributed by atoms with van der Waals surface area (Å²) >= 11 is 0. The van der Waals surface area contributed by atoms with Gasteiger partial charge in [-0.1, -0.05) is 124 Å². The summed E-state index contributed by atoms with van der Waals surface area (Å²) in [5.74, 6) is 5.71. The lowest BCUT2D eigenvalue weighted by Gasteiger charge is -2.31. The molecule has 0 heterocycles. The summed E-state index contributed by atoms with van der Waals surface area (Å²) < 4.78 is 5.42. The van der Waals surface area contributed by atoms with E-state index in [9.17, 15) is 0 Å². The Morgan fingerprint density at radius 1 is 0.280 bits per heavy atom. The third kappa shape index (κ3) is 87.3. The van der Waals surface area contributed by atoms with Crippen molar-refractivity contribution in [1.82, 2.24) is 39.2 Å². The van der Waals surface area contributed by atoms with E-state index in [4.69, 9.17) is 4.74 Å². The Morgan fingerprint density at radius 3 is 0.860 bits per heavy atom. The van der Waals surface area contributed by atoms with Crippen LogP contribution in [0.2, 0.25) is 0 Å². The van der Waals surface area contributed by atoms with Crippen LogP contribution >= 0.6 is 0 Å². The first-order chi connectivity index (χ1) is 42.7. The fraction of sp³-hybridized carbons (Fsp3) is 0.976. The van der Waals surface area contributed by atoms with Gasteiger partial charge in [-0.3, -0.25) is 9.80 Å². The second-order valence-corrected chi connectivity index (χ2v) is 33.4. The zero-order valence-electron chi connectivity index (χ0n) is 73.1. The van der Waals surface area contributed by atoms with Crippen LogP contribution in [0.1, 0.15) is 341 Å². The highest BCUT2D eigenvalue weighted by Crippen LogP contribution is 2.13. The van der Waals surface area contributed by atoms with E-state index < -0.39 is 0 Å². The van der Waals surface area contributed by atoms with Gasteiger partial charge < -0.3 is 34.1 Å². The van der Waals surface area contributed by atoms with E-state index in [1.807, 2.05) is 0 Å². The number of hydrogen-bond acceptors (Lipinski definition) is 9. The number of likely N-dealkylation sites (N-methyl/N-ethyl adjacent to an activating group) is 1. The maximum atomic E-state index is 5.42. The van der Waals surface area contributed by atoms with Crippen LogP contribution in [0.25, 0.3) is 0 Å². The lowest BCUT2D eigenvalue weighted by atomic mass is 10.1. The zero-order chi connectivity index (χ0) is 74.7. The molecule has 0 amide bonds. The molecule has 93 heavy (non-hydrogen) atoms. The summed E-state index contributed by atoms with van der Waals surface area (Å²) in [5.41, 5.74) is 0. The van der Waals surface area contributed by atoms with E-state index in [0.717, 1.165) is 48.7 Å². The van der Waals surface area contributed by atoms with Crippen LogP contribution in [0, 0.1) is 41.4 Å². The van der Waals surface area contributed by atoms with Gasteiger partial charge in [0, 0.05) is 74.0 Å². The van der Waals surface area contributed by atoms with Crippen LogP contribution in [-0.2, 0) is 4.74 Å². The maximum absolute atomic E-state index is 5.42. The monoisotopic (exact) mass is 1330 g/mol. The fourth-order valence-corrected chi connectivity index (χ4v) is 9.66. The summed E-state index contributed by atoms with van der Waals surface area (Å²) in [6.07, 6.45) is 19.4. The zero-order valence-corrected chi connectivity index (χ0v) is 73.1. The molecule has 0 radical (unpaired) electrons. The molecule has 0 aliphatic carbocycles. The van der Waals surface area contributed by atoms with Gasteiger partial charge in [0.25, 0.3) is 0 Å². The number of hydrogen-bond donors (Lipinski definition) is 0. The molecule has 572 valence electrons. The molecular weight excluding hydrogens is 1140 g/mol. The van der Waals surface area contributed by atoms with Crippen molar-refractivity contribution in [2.24, 2.45) is 41.4 Å². The van der Waals surface area contributed by atoms with Crippen molar-refractivity contribution in [3.63, 3.8) is 0 Å². The summed E-state index contributed by atoms with van der Waals surface area (Å²) in [6.45, 7) is 101. The van der Waals surface area contributed by atoms with E-state index in [0.29, 0.717) is 72.4 Å². The Kier molecular flexibility index (Phi) is 82.7. The van der Waals surface area contributed by atoms with Crippen molar-refractivity contribution < 1.29 is 4.74 Å². The van der Waals surface area contributed by atoms with Gasteiger partial charge in [-0.05, 0) is 344 Å². The maximum Gasteiger partial charge on any atom is 0.0596 e. The molecule has 0 saturated heterocycles. The first kappa shape index (κ1) is 108. The number of allylic oxidation sites excluding steroid dienone is 1. The quantitative estimate of drug-likeness (QED) is 0.0594. The molecule has 0 unspecified atom stereocenters. The number of nitrogens with zero attached hydrogens (tertiary/aromatic N) is 8. The topological polar surface area (TPSA) is 35.2 Å². The van der Waals surface area contributed by atoms with Gasteiger partial charge >= 0.3 is 0 Å². The summed E-state index contributed by atoms with van der Waals surface area (Å²) in [6, 6.07) is 6.80. The Morgan fingerprint density at radius 2 is 0.581 bits per heavy atom. The SMILES string of the molecule is CC(C)/C=C\N(C)C(C)C.CC(C)CCCN(C(C)C)C(C)C.CC(C)CCCN(C)C(C)C.CC(C)CCN(C(C)C)C(C)C.CC(C)OCCN(C)C(C)C.CCCN(CCC(C)C)C(C)C.CCCN(CCCC(C)C)C(C)C.CCN(CCC(C)C)C(C)C. The Hall–Kier alpha value is -0.780. The summed E-state index contributed by atoms with van der Waals surface area (Å²) in [7, 11) is 6.42. The highest BCUT2D eigenvalue weighted by atomic mass is 16.5. The van der Waals surface area contributed by atoms with Crippen LogP contribution in [-0.4, -0.2) is 199 Å². The number of rotatable bonds is 42. The molecule has 0 aliphatic heterocycles. The highest BCUT2D eigenvalue weighted by Gasteiger charge is 2.15. The van der Waals surface area contributed by atoms with Crippen LogP contribution < -0.4 is 0 Å². The molecule has 0 aromatic rings. The molecule has 9 heteroatoms. The molecular formula is C84H190N8O. The van der Waals surface area contributed by atoms with Gasteiger partial charge in [0.15, 0.2) is 0 Å². The third-order valence-electron chi connectivity index (χ3n) is 17.1. The average molecular weight is 1330 g/mol. The van der Waals surface area contributed by atoms with Gasteiger partial charge in [0.1, 0.15) is 0 Å². The second kappa shape index (κ2) is 71.1. The molecule has 0 N–H and O–H groups in total. The average Bonchev–Trinajstić information content (AvgIpc) is 2.27. The van der Waals surface area contributed by atoms with E-state index >= 15 is 0 Å². The molecule has 0 atom stereocenters. The first-order valence-electron chi connectivity index (χ1n) is 39.9. The molecule has 0 aromatic heterocycles. The van der Waals surface area contributed by atoms with Crippen LogP contribution in [0.15, 0.2) is 12.3 Å². The Labute approximate surface area is 595 Å². The largest absolute Gasteiger partial charge is 0.378 e. The minimum absolute atomic E-state index is 0.357. The van der Waals surface area contributed by atoms with Crippen molar-refractivity contribution in [1.29, 1.82) is 0 Å².